The number of nitrogens with one attached hydrogen (secondary N) is 2. The molecule has 0 bridgehead atoms. The Bertz CT molecular complexity index is 1800. The van der Waals surface area contributed by atoms with Crippen LogP contribution in [0.25, 0.3) is 38.8 Å². The highest BCUT2D eigenvalue weighted by Gasteiger charge is 2.20. The highest BCUT2D eigenvalue weighted by molar-refractivity contribution is 5.87. The van der Waals surface area contributed by atoms with Crippen molar-refractivity contribution in [1.82, 2.24) is 14.4 Å². The van der Waals surface area contributed by atoms with Crippen LogP contribution in [0.2, 0.25) is 0 Å². The zero-order valence-corrected chi connectivity index (χ0v) is 24.2. The van der Waals surface area contributed by atoms with Crippen molar-refractivity contribution in [3.05, 3.63) is 88.6 Å². The Kier molecular flexibility index (Phi) is 6.78. The third kappa shape index (κ3) is 5.37. The molecule has 0 unspecified atom stereocenters. The summed E-state index contributed by atoms with van der Waals surface area (Å²) in [7, 11) is 0. The number of aromatic nitrogens is 3. The Labute approximate surface area is 234 Å². The molecule has 0 amide bonds. The lowest BCUT2D eigenvalue weighted by atomic mass is 9.86. The van der Waals surface area contributed by atoms with Crippen LogP contribution in [0, 0.1) is 0 Å². The van der Waals surface area contributed by atoms with Crippen molar-refractivity contribution in [3.63, 3.8) is 0 Å². The summed E-state index contributed by atoms with van der Waals surface area (Å²) in [5, 5.41) is 4.17. The van der Waals surface area contributed by atoms with Gasteiger partial charge in [-0.1, -0.05) is 45.0 Å². The van der Waals surface area contributed by atoms with Gasteiger partial charge >= 0.3 is 5.97 Å². The Morgan fingerprint density at radius 3 is 2.48 bits per heavy atom. The fourth-order valence-corrected chi connectivity index (χ4v) is 5.00. The van der Waals surface area contributed by atoms with E-state index in [1.54, 1.807) is 12.4 Å². The third-order valence-electron chi connectivity index (χ3n) is 6.94. The molecule has 0 aliphatic carbocycles. The van der Waals surface area contributed by atoms with E-state index in [2.05, 4.69) is 62.9 Å². The van der Waals surface area contributed by atoms with E-state index in [-0.39, 0.29) is 29.0 Å². The molecule has 2 N–H and O–H groups in total. The first-order valence-corrected chi connectivity index (χ1v) is 13.5. The first kappa shape index (κ1) is 27.2. The van der Waals surface area contributed by atoms with Gasteiger partial charge in [-0.2, -0.15) is 0 Å². The highest BCUT2D eigenvalue weighted by Crippen LogP contribution is 2.35. The SMILES string of the molecule is CC(=O)OCc1c(-c2cc(NC(C)(C)C)c3nccn3c2)cccc1-c1c[nH]c2cc(C(C)(C)C)ccc2c1=O. The number of aromatic amines is 1. The van der Waals surface area contributed by atoms with Crippen molar-refractivity contribution in [3.8, 4) is 22.3 Å². The van der Waals surface area contributed by atoms with Gasteiger partial charge in [-0.3, -0.25) is 9.59 Å². The molecular formula is C33H36N4O3. The molecule has 2 aromatic carbocycles. The highest BCUT2D eigenvalue weighted by atomic mass is 16.5. The number of rotatable bonds is 5. The normalized spacial score (nSPS) is 12.2. The van der Waals surface area contributed by atoms with Gasteiger partial charge < -0.3 is 19.4 Å². The summed E-state index contributed by atoms with van der Waals surface area (Å²) in [5.74, 6) is -0.386. The van der Waals surface area contributed by atoms with Crippen molar-refractivity contribution in [2.45, 2.75) is 66.0 Å². The minimum absolute atomic E-state index is 0.0330. The van der Waals surface area contributed by atoms with E-state index in [4.69, 9.17) is 4.74 Å². The molecule has 3 aromatic heterocycles. The van der Waals surface area contributed by atoms with Crippen LogP contribution in [0.5, 0.6) is 0 Å². The largest absolute Gasteiger partial charge is 0.461 e. The van der Waals surface area contributed by atoms with Crippen LogP contribution in [0.15, 0.2) is 72.0 Å². The van der Waals surface area contributed by atoms with Gasteiger partial charge in [0.25, 0.3) is 0 Å². The number of esters is 1. The van der Waals surface area contributed by atoms with Gasteiger partial charge in [-0.15, -0.1) is 0 Å². The van der Waals surface area contributed by atoms with Crippen LogP contribution >= 0.6 is 0 Å². The summed E-state index contributed by atoms with van der Waals surface area (Å²) >= 11 is 0. The number of pyridine rings is 2. The van der Waals surface area contributed by atoms with Crippen LogP contribution in [0.3, 0.4) is 0 Å². The molecule has 0 radical (unpaired) electrons. The molecule has 0 atom stereocenters. The molecule has 0 spiro atoms. The average Bonchev–Trinajstić information content (AvgIpc) is 3.35. The van der Waals surface area contributed by atoms with Crippen molar-refractivity contribution in [1.29, 1.82) is 0 Å². The molecule has 0 aliphatic rings. The van der Waals surface area contributed by atoms with Gasteiger partial charge in [-0.05, 0) is 61.1 Å². The molecule has 0 aliphatic heterocycles. The monoisotopic (exact) mass is 536 g/mol. The predicted molar refractivity (Wildman–Crippen MR) is 162 cm³/mol. The maximum absolute atomic E-state index is 13.8. The Morgan fingerprint density at radius 2 is 1.77 bits per heavy atom. The summed E-state index contributed by atoms with van der Waals surface area (Å²) < 4.78 is 7.50. The lowest BCUT2D eigenvalue weighted by Crippen LogP contribution is -2.26. The number of benzene rings is 2. The van der Waals surface area contributed by atoms with E-state index in [1.165, 1.54) is 6.92 Å². The van der Waals surface area contributed by atoms with Gasteiger partial charge in [0, 0.05) is 64.8 Å². The van der Waals surface area contributed by atoms with E-state index in [1.807, 2.05) is 53.2 Å². The predicted octanol–water partition coefficient (Wildman–Crippen LogP) is 7.08. The van der Waals surface area contributed by atoms with Crippen molar-refractivity contribution >= 4 is 28.2 Å². The Balaban J connectivity index is 1.71. The lowest BCUT2D eigenvalue weighted by Gasteiger charge is -2.23. The number of ether oxygens (including phenoxy) is 1. The van der Waals surface area contributed by atoms with E-state index < -0.39 is 0 Å². The van der Waals surface area contributed by atoms with E-state index in [0.29, 0.717) is 10.9 Å². The number of H-pyrrole nitrogens is 1. The van der Waals surface area contributed by atoms with Crippen LogP contribution in [-0.4, -0.2) is 25.9 Å². The second-order valence-corrected chi connectivity index (χ2v) is 12.3. The minimum atomic E-state index is -0.386. The summed E-state index contributed by atoms with van der Waals surface area (Å²) in [6.45, 7) is 14.2. The number of carbonyl (C=O) groups is 1. The Hall–Kier alpha value is -4.39. The molecule has 7 heteroatoms. The van der Waals surface area contributed by atoms with Crippen LogP contribution < -0.4 is 10.7 Å². The Morgan fingerprint density at radius 1 is 1.02 bits per heavy atom. The first-order chi connectivity index (χ1) is 18.8. The van der Waals surface area contributed by atoms with Crippen molar-refractivity contribution < 1.29 is 9.53 Å². The maximum Gasteiger partial charge on any atom is 0.302 e. The van der Waals surface area contributed by atoms with Crippen LogP contribution in [0.1, 0.15) is 59.6 Å². The summed E-state index contributed by atoms with van der Waals surface area (Å²) in [4.78, 5) is 33.6. The third-order valence-corrected chi connectivity index (χ3v) is 6.94. The number of carbonyl (C=O) groups excluding carboxylic acids is 1. The number of hydrogen-bond donors (Lipinski definition) is 2. The van der Waals surface area contributed by atoms with Crippen molar-refractivity contribution in [2.24, 2.45) is 0 Å². The molecule has 5 rings (SSSR count). The van der Waals surface area contributed by atoms with E-state index in [9.17, 15) is 9.59 Å². The molecule has 206 valence electrons. The van der Waals surface area contributed by atoms with Crippen LogP contribution in [0.4, 0.5) is 5.69 Å². The topological polar surface area (TPSA) is 88.5 Å². The fraction of sp³-hybridized carbons (Fsp3) is 0.303. The fourth-order valence-electron chi connectivity index (χ4n) is 5.00. The zero-order valence-electron chi connectivity index (χ0n) is 24.2. The first-order valence-electron chi connectivity index (χ1n) is 13.5. The molecule has 3 heterocycles. The molecular weight excluding hydrogens is 500 g/mol. The summed E-state index contributed by atoms with van der Waals surface area (Å²) in [6.07, 6.45) is 7.44. The number of anilines is 1. The summed E-state index contributed by atoms with van der Waals surface area (Å²) in [5.41, 5.74) is 7.14. The average molecular weight is 537 g/mol. The van der Waals surface area contributed by atoms with E-state index >= 15 is 0 Å². The molecule has 5 aromatic rings. The molecule has 7 nitrogen and oxygen atoms in total. The quantitative estimate of drug-likeness (QED) is 0.234. The zero-order chi connectivity index (χ0) is 28.8. The molecule has 0 saturated heterocycles. The molecule has 0 fully saturated rings. The van der Waals surface area contributed by atoms with Crippen LogP contribution in [-0.2, 0) is 21.6 Å². The van der Waals surface area contributed by atoms with Gasteiger partial charge in [0.1, 0.15) is 6.61 Å². The lowest BCUT2D eigenvalue weighted by molar-refractivity contribution is -0.142. The van der Waals surface area contributed by atoms with Gasteiger partial charge in [0.2, 0.25) is 0 Å². The number of imidazole rings is 1. The maximum atomic E-state index is 13.8. The minimum Gasteiger partial charge on any atom is -0.461 e. The second kappa shape index (κ2) is 9.97. The number of fused-ring (bicyclic) bond motifs is 2. The van der Waals surface area contributed by atoms with Gasteiger partial charge in [-0.25, -0.2) is 4.98 Å². The van der Waals surface area contributed by atoms with Gasteiger partial charge in [0.15, 0.2) is 11.1 Å². The standard InChI is InChI=1S/C33H36N4O3/c1-20(38)40-19-27-23(21-15-29(36-33(5,6)7)31-34-13-14-37(31)18-21)9-8-10-24(27)26-17-35-28-16-22(32(2,3)4)11-12-25(28)30(26)39/h8-18,36H,19H2,1-7H3,(H,35,39). The molecule has 0 saturated carbocycles. The second-order valence-electron chi connectivity index (χ2n) is 12.3. The number of hydrogen-bond acceptors (Lipinski definition) is 5. The number of nitrogens with zero attached hydrogens (tertiary/aromatic N) is 2. The van der Waals surface area contributed by atoms with Crippen molar-refractivity contribution in [2.75, 3.05) is 5.32 Å². The molecule has 40 heavy (non-hydrogen) atoms. The summed E-state index contributed by atoms with van der Waals surface area (Å²) in [6, 6.07) is 13.8. The van der Waals surface area contributed by atoms with E-state index in [0.717, 1.165) is 44.7 Å². The van der Waals surface area contributed by atoms with Gasteiger partial charge in [0.05, 0.1) is 5.69 Å². The smallest absolute Gasteiger partial charge is 0.302 e.